The zero-order chi connectivity index (χ0) is 17.0. The van der Waals surface area contributed by atoms with Crippen LogP contribution in [-0.2, 0) is 21.4 Å². The van der Waals surface area contributed by atoms with E-state index in [2.05, 4.69) is 49.8 Å². The Morgan fingerprint density at radius 2 is 2.04 bits per heavy atom. The van der Waals surface area contributed by atoms with E-state index in [1.54, 1.807) is 11.3 Å². The van der Waals surface area contributed by atoms with Crippen molar-refractivity contribution in [2.75, 3.05) is 26.2 Å². The third-order valence-corrected chi connectivity index (χ3v) is 5.10. The van der Waals surface area contributed by atoms with Gasteiger partial charge in [0.25, 0.3) is 0 Å². The van der Waals surface area contributed by atoms with Crippen molar-refractivity contribution in [3.8, 4) is 0 Å². The highest BCUT2D eigenvalue weighted by molar-refractivity contribution is 7.09. The van der Waals surface area contributed by atoms with Crippen LogP contribution < -0.4 is 5.32 Å². The Morgan fingerprint density at radius 3 is 2.61 bits per heavy atom. The molecule has 130 valence electrons. The van der Waals surface area contributed by atoms with Crippen molar-refractivity contribution in [1.82, 2.24) is 15.2 Å². The van der Waals surface area contributed by atoms with Gasteiger partial charge >= 0.3 is 0 Å². The van der Waals surface area contributed by atoms with E-state index in [-0.39, 0.29) is 23.5 Å². The molecular weight excluding hydrogens is 310 g/mol. The first-order chi connectivity index (χ1) is 10.7. The number of carbonyl (C=O) groups is 1. The third kappa shape index (κ3) is 5.86. The first kappa shape index (κ1) is 18.4. The maximum absolute atomic E-state index is 12.1. The third-order valence-electron chi connectivity index (χ3n) is 3.78. The molecule has 6 heteroatoms. The van der Waals surface area contributed by atoms with Crippen molar-refractivity contribution < 1.29 is 9.53 Å². The molecule has 0 aliphatic carbocycles. The molecular formula is C17H29N3O2S. The molecule has 1 aromatic rings. The van der Waals surface area contributed by atoms with E-state index in [9.17, 15) is 4.79 Å². The molecule has 1 amide bonds. The number of aromatic nitrogens is 1. The molecule has 0 unspecified atom stereocenters. The summed E-state index contributed by atoms with van der Waals surface area (Å²) < 4.78 is 5.72. The van der Waals surface area contributed by atoms with Crippen LogP contribution in [0.1, 0.15) is 45.3 Å². The molecule has 1 fully saturated rings. The van der Waals surface area contributed by atoms with Crippen molar-refractivity contribution in [3.05, 3.63) is 16.1 Å². The fraction of sp³-hybridized carbons (Fsp3) is 0.765. The number of amides is 1. The Balaban J connectivity index is 1.72. The van der Waals surface area contributed by atoms with Crippen molar-refractivity contribution >= 4 is 17.2 Å². The second kappa shape index (κ2) is 7.73. The topological polar surface area (TPSA) is 54.5 Å². The fourth-order valence-electron chi connectivity index (χ4n) is 2.78. The van der Waals surface area contributed by atoms with Gasteiger partial charge in [-0.15, -0.1) is 11.3 Å². The van der Waals surface area contributed by atoms with Crippen LogP contribution in [0.15, 0.2) is 5.38 Å². The molecule has 23 heavy (non-hydrogen) atoms. The minimum absolute atomic E-state index is 0.0448. The van der Waals surface area contributed by atoms with Gasteiger partial charge in [0.2, 0.25) is 5.91 Å². The summed E-state index contributed by atoms with van der Waals surface area (Å²) in [5.74, 6) is 0.0464. The molecule has 0 saturated carbocycles. The predicted molar refractivity (Wildman–Crippen MR) is 94.0 cm³/mol. The SMILES string of the molecule is C[C@H]1CN(CCNC(=O)Cc2csc(C(C)(C)C)n2)C[C@H](C)O1. The molecule has 2 rings (SSSR count). The molecule has 2 atom stereocenters. The fourth-order valence-corrected chi connectivity index (χ4v) is 3.69. The molecule has 1 aliphatic rings. The van der Waals surface area contributed by atoms with Crippen molar-refractivity contribution in [2.24, 2.45) is 0 Å². The van der Waals surface area contributed by atoms with Gasteiger partial charge in [0.15, 0.2) is 0 Å². The summed E-state index contributed by atoms with van der Waals surface area (Å²) in [5.41, 5.74) is 0.911. The molecule has 1 saturated heterocycles. The van der Waals surface area contributed by atoms with E-state index in [1.807, 2.05) is 5.38 Å². The molecule has 1 aliphatic heterocycles. The number of morpholine rings is 1. The summed E-state index contributed by atoms with van der Waals surface area (Å²) in [7, 11) is 0. The van der Waals surface area contributed by atoms with E-state index < -0.39 is 0 Å². The van der Waals surface area contributed by atoms with Gasteiger partial charge in [-0.1, -0.05) is 20.8 Å². The number of nitrogens with zero attached hydrogens (tertiary/aromatic N) is 2. The Labute approximate surface area is 143 Å². The van der Waals surface area contributed by atoms with Crippen LogP contribution >= 0.6 is 11.3 Å². The maximum atomic E-state index is 12.1. The maximum Gasteiger partial charge on any atom is 0.226 e. The minimum atomic E-state index is 0.0448. The number of hydrogen-bond donors (Lipinski definition) is 1. The van der Waals surface area contributed by atoms with Crippen LogP contribution in [0.3, 0.4) is 0 Å². The predicted octanol–water partition coefficient (Wildman–Crippen LogP) is 2.21. The molecule has 1 N–H and O–H groups in total. The summed E-state index contributed by atoms with van der Waals surface area (Å²) >= 11 is 1.63. The number of ether oxygens (including phenoxy) is 1. The number of nitrogens with one attached hydrogen (secondary N) is 1. The number of rotatable bonds is 5. The average molecular weight is 340 g/mol. The van der Waals surface area contributed by atoms with E-state index in [0.717, 1.165) is 30.3 Å². The van der Waals surface area contributed by atoms with Gasteiger partial charge in [0, 0.05) is 37.0 Å². The molecule has 0 radical (unpaired) electrons. The van der Waals surface area contributed by atoms with E-state index in [4.69, 9.17) is 4.74 Å². The standard InChI is InChI=1S/C17H29N3O2S/c1-12-9-20(10-13(2)22-12)7-6-18-15(21)8-14-11-23-16(19-14)17(3,4)5/h11-13H,6-10H2,1-5H3,(H,18,21)/t12-,13-/m0/s1. The zero-order valence-electron chi connectivity index (χ0n) is 14.9. The van der Waals surface area contributed by atoms with Crippen LogP contribution in [0.2, 0.25) is 0 Å². The number of carbonyl (C=O) groups excluding carboxylic acids is 1. The highest BCUT2D eigenvalue weighted by Gasteiger charge is 2.22. The molecule has 1 aromatic heterocycles. The second-order valence-corrected chi connectivity index (χ2v) is 8.30. The van der Waals surface area contributed by atoms with Crippen molar-refractivity contribution in [2.45, 2.75) is 58.7 Å². The Hall–Kier alpha value is -0.980. The first-order valence-corrected chi connectivity index (χ1v) is 9.21. The van der Waals surface area contributed by atoms with Gasteiger partial charge in [0.1, 0.15) is 0 Å². The molecule has 2 heterocycles. The van der Waals surface area contributed by atoms with Crippen molar-refractivity contribution in [1.29, 1.82) is 0 Å². The first-order valence-electron chi connectivity index (χ1n) is 8.33. The zero-order valence-corrected chi connectivity index (χ0v) is 15.7. The van der Waals surface area contributed by atoms with E-state index in [1.165, 1.54) is 0 Å². The smallest absolute Gasteiger partial charge is 0.226 e. The molecule has 5 nitrogen and oxygen atoms in total. The Kier molecular flexibility index (Phi) is 6.17. The normalized spacial score (nSPS) is 23.0. The van der Waals surface area contributed by atoms with Crippen LogP contribution in [0.5, 0.6) is 0 Å². The van der Waals surface area contributed by atoms with Gasteiger partial charge in [0.05, 0.1) is 29.3 Å². The highest BCUT2D eigenvalue weighted by atomic mass is 32.1. The van der Waals surface area contributed by atoms with Crippen LogP contribution in [0.4, 0.5) is 0 Å². The summed E-state index contributed by atoms with van der Waals surface area (Å²) in [6.45, 7) is 14.0. The summed E-state index contributed by atoms with van der Waals surface area (Å²) in [6, 6.07) is 0. The Bertz CT molecular complexity index is 514. The van der Waals surface area contributed by atoms with E-state index >= 15 is 0 Å². The van der Waals surface area contributed by atoms with Gasteiger partial charge < -0.3 is 10.1 Å². The van der Waals surface area contributed by atoms with Crippen molar-refractivity contribution in [3.63, 3.8) is 0 Å². The second-order valence-electron chi connectivity index (χ2n) is 7.44. The molecule has 0 aromatic carbocycles. The highest BCUT2D eigenvalue weighted by Crippen LogP contribution is 2.25. The lowest BCUT2D eigenvalue weighted by molar-refractivity contribution is -0.120. The lowest BCUT2D eigenvalue weighted by Gasteiger charge is -2.35. The Morgan fingerprint density at radius 1 is 1.39 bits per heavy atom. The lowest BCUT2D eigenvalue weighted by atomic mass is 9.98. The van der Waals surface area contributed by atoms with Crippen LogP contribution in [0, 0.1) is 0 Å². The minimum Gasteiger partial charge on any atom is -0.373 e. The van der Waals surface area contributed by atoms with Gasteiger partial charge in [-0.3, -0.25) is 9.69 Å². The van der Waals surface area contributed by atoms with Crippen LogP contribution in [-0.4, -0.2) is 54.2 Å². The van der Waals surface area contributed by atoms with Gasteiger partial charge in [-0.25, -0.2) is 4.98 Å². The lowest BCUT2D eigenvalue weighted by Crippen LogP contribution is -2.48. The summed E-state index contributed by atoms with van der Waals surface area (Å²) in [5, 5.41) is 6.07. The summed E-state index contributed by atoms with van der Waals surface area (Å²) in [4.78, 5) is 19.0. The van der Waals surface area contributed by atoms with Gasteiger partial charge in [-0.2, -0.15) is 0 Å². The van der Waals surface area contributed by atoms with E-state index in [0.29, 0.717) is 13.0 Å². The largest absolute Gasteiger partial charge is 0.373 e. The molecule has 0 spiro atoms. The van der Waals surface area contributed by atoms with Gasteiger partial charge in [-0.05, 0) is 13.8 Å². The average Bonchev–Trinajstić information content (AvgIpc) is 2.85. The molecule has 0 bridgehead atoms. The van der Waals surface area contributed by atoms with Crippen LogP contribution in [0.25, 0.3) is 0 Å². The monoisotopic (exact) mass is 339 g/mol. The number of thiazole rings is 1. The number of hydrogen-bond acceptors (Lipinski definition) is 5. The quantitative estimate of drug-likeness (QED) is 0.894. The summed E-state index contributed by atoms with van der Waals surface area (Å²) in [6.07, 6.45) is 0.892.